The highest BCUT2D eigenvalue weighted by atomic mass is 16.7. The van der Waals surface area contributed by atoms with E-state index in [-0.39, 0.29) is 48.4 Å². The average molecular weight is 554 g/mol. The van der Waals surface area contributed by atoms with Crippen molar-refractivity contribution in [1.82, 2.24) is 5.32 Å². The molecule has 0 radical (unpaired) electrons. The summed E-state index contributed by atoms with van der Waals surface area (Å²) in [5, 5.41) is 12.6. The molecule has 2 N–H and O–H groups in total. The van der Waals surface area contributed by atoms with Gasteiger partial charge in [0.1, 0.15) is 24.4 Å². The summed E-state index contributed by atoms with van der Waals surface area (Å²) >= 11 is 0. The van der Waals surface area contributed by atoms with Crippen molar-refractivity contribution in [3.8, 4) is 11.5 Å². The Morgan fingerprint density at radius 1 is 0.795 bits per heavy atom. The minimum atomic E-state index is -1.12. The molecule has 0 spiro atoms. The van der Waals surface area contributed by atoms with Crippen molar-refractivity contribution in [2.45, 2.75) is 99.0 Å². The SMILES string of the molecule is CCC(C)OC(=O)Oc1ccc(C[C@H](NCC(C)OC(=O)C(C)C(C)C)C(=O)O)cc1OC(=O)OC(C)CC. The molecule has 39 heavy (non-hydrogen) atoms. The molecule has 1 aromatic carbocycles. The second-order valence-corrected chi connectivity index (χ2v) is 9.94. The smallest absolute Gasteiger partial charge is 0.480 e. The van der Waals surface area contributed by atoms with Gasteiger partial charge in [-0.2, -0.15) is 0 Å². The van der Waals surface area contributed by atoms with Crippen molar-refractivity contribution in [2.75, 3.05) is 6.54 Å². The number of hydrogen-bond acceptors (Lipinski definition) is 10. The summed E-state index contributed by atoms with van der Waals surface area (Å²) in [6.45, 7) is 14.5. The number of hydrogen-bond donors (Lipinski definition) is 2. The topological polar surface area (TPSA) is 147 Å². The van der Waals surface area contributed by atoms with E-state index in [4.69, 9.17) is 23.7 Å². The summed E-state index contributed by atoms with van der Waals surface area (Å²) in [6, 6.07) is 3.28. The molecule has 0 aliphatic carbocycles. The van der Waals surface area contributed by atoms with E-state index in [0.29, 0.717) is 18.4 Å². The Hall–Kier alpha value is -3.34. The van der Waals surface area contributed by atoms with Gasteiger partial charge in [0.05, 0.1) is 5.92 Å². The number of ether oxygens (including phenoxy) is 5. The van der Waals surface area contributed by atoms with Gasteiger partial charge in [0.15, 0.2) is 11.5 Å². The molecule has 0 aromatic heterocycles. The normalized spacial score (nSPS) is 14.9. The van der Waals surface area contributed by atoms with Crippen molar-refractivity contribution in [1.29, 1.82) is 0 Å². The van der Waals surface area contributed by atoms with Crippen LogP contribution in [0.15, 0.2) is 18.2 Å². The second-order valence-electron chi connectivity index (χ2n) is 9.94. The Labute approximate surface area is 230 Å². The van der Waals surface area contributed by atoms with Gasteiger partial charge in [-0.25, -0.2) is 9.59 Å². The average Bonchev–Trinajstić information content (AvgIpc) is 2.86. The first kappa shape index (κ1) is 33.7. The Kier molecular flexibility index (Phi) is 14.3. The fourth-order valence-corrected chi connectivity index (χ4v) is 2.98. The predicted octanol–water partition coefficient (Wildman–Crippen LogP) is 5.12. The van der Waals surface area contributed by atoms with Crippen LogP contribution in [0.1, 0.15) is 73.8 Å². The van der Waals surface area contributed by atoms with Gasteiger partial charge in [-0.1, -0.05) is 40.7 Å². The molecule has 220 valence electrons. The summed E-state index contributed by atoms with van der Waals surface area (Å²) in [6.07, 6.45) is -2.17. The summed E-state index contributed by atoms with van der Waals surface area (Å²) in [5.74, 6) is -1.85. The molecular formula is C28H43NO10. The molecule has 0 bridgehead atoms. The maximum Gasteiger partial charge on any atom is 0.514 e. The fraction of sp³-hybridized carbons (Fsp3) is 0.643. The monoisotopic (exact) mass is 553 g/mol. The van der Waals surface area contributed by atoms with E-state index in [1.54, 1.807) is 33.8 Å². The van der Waals surface area contributed by atoms with Crippen LogP contribution in [0.25, 0.3) is 0 Å². The first-order valence-electron chi connectivity index (χ1n) is 13.3. The van der Waals surface area contributed by atoms with Crippen LogP contribution >= 0.6 is 0 Å². The van der Waals surface area contributed by atoms with Gasteiger partial charge >= 0.3 is 24.2 Å². The van der Waals surface area contributed by atoms with E-state index in [1.807, 2.05) is 27.7 Å². The van der Waals surface area contributed by atoms with Crippen LogP contribution in [0, 0.1) is 11.8 Å². The van der Waals surface area contributed by atoms with Crippen molar-refractivity contribution in [2.24, 2.45) is 11.8 Å². The number of carbonyl (C=O) groups excluding carboxylic acids is 3. The van der Waals surface area contributed by atoms with Crippen LogP contribution in [0.5, 0.6) is 11.5 Å². The van der Waals surface area contributed by atoms with Crippen LogP contribution in [0.4, 0.5) is 9.59 Å². The van der Waals surface area contributed by atoms with Crippen molar-refractivity contribution < 1.29 is 48.0 Å². The molecule has 4 unspecified atom stereocenters. The highest BCUT2D eigenvalue weighted by Crippen LogP contribution is 2.30. The third-order valence-corrected chi connectivity index (χ3v) is 6.22. The van der Waals surface area contributed by atoms with Gasteiger partial charge in [0.2, 0.25) is 0 Å². The molecule has 1 rings (SSSR count). The second kappa shape index (κ2) is 16.6. The first-order valence-corrected chi connectivity index (χ1v) is 13.3. The maximum atomic E-state index is 12.3. The lowest BCUT2D eigenvalue weighted by molar-refractivity contribution is -0.154. The molecule has 0 heterocycles. The summed E-state index contributed by atoms with van der Waals surface area (Å²) in [5.41, 5.74) is 0.474. The number of esters is 1. The first-order chi connectivity index (χ1) is 18.3. The molecule has 5 atom stereocenters. The Bertz CT molecular complexity index is 964. The van der Waals surface area contributed by atoms with Crippen molar-refractivity contribution >= 4 is 24.2 Å². The molecular weight excluding hydrogens is 510 g/mol. The fourth-order valence-electron chi connectivity index (χ4n) is 2.98. The number of carbonyl (C=O) groups is 4. The number of benzene rings is 1. The zero-order chi connectivity index (χ0) is 29.7. The quantitative estimate of drug-likeness (QED) is 0.169. The van der Waals surface area contributed by atoms with Crippen molar-refractivity contribution in [3.05, 3.63) is 23.8 Å². The van der Waals surface area contributed by atoms with E-state index in [0.717, 1.165) is 0 Å². The van der Waals surface area contributed by atoms with Crippen LogP contribution in [0.3, 0.4) is 0 Å². The Morgan fingerprint density at radius 3 is 1.82 bits per heavy atom. The van der Waals surface area contributed by atoms with E-state index in [1.165, 1.54) is 12.1 Å². The molecule has 0 saturated carbocycles. The highest BCUT2D eigenvalue weighted by Gasteiger charge is 2.24. The standard InChI is InChI=1S/C28H43NO10/c1-9-17(5)36-27(33)38-23-12-11-21(14-24(23)39-28(34)37-18(6)10-2)13-22(25(30)31)29-15-19(7)35-26(32)20(8)16(3)4/h11-12,14,16-20,22,29H,9-10,13,15H2,1-8H3,(H,30,31)/t17?,18?,19?,20?,22-/m0/s1. The Morgan fingerprint density at radius 2 is 1.33 bits per heavy atom. The molecule has 0 fully saturated rings. The van der Waals surface area contributed by atoms with E-state index in [9.17, 15) is 24.3 Å². The zero-order valence-corrected chi connectivity index (χ0v) is 24.1. The number of nitrogens with one attached hydrogen (secondary N) is 1. The third-order valence-electron chi connectivity index (χ3n) is 6.22. The van der Waals surface area contributed by atoms with Gasteiger partial charge in [-0.05, 0) is 63.6 Å². The van der Waals surface area contributed by atoms with Crippen LogP contribution in [0.2, 0.25) is 0 Å². The maximum absolute atomic E-state index is 12.3. The van der Waals surface area contributed by atoms with E-state index >= 15 is 0 Å². The number of aliphatic carboxylic acids is 1. The minimum Gasteiger partial charge on any atom is -0.480 e. The predicted molar refractivity (Wildman–Crippen MR) is 143 cm³/mol. The largest absolute Gasteiger partial charge is 0.514 e. The minimum absolute atomic E-state index is 0.00718. The molecule has 0 saturated heterocycles. The molecule has 1 aromatic rings. The molecule has 0 aliphatic rings. The van der Waals surface area contributed by atoms with Gasteiger partial charge in [0, 0.05) is 6.54 Å². The van der Waals surface area contributed by atoms with Gasteiger partial charge in [-0.3, -0.25) is 9.59 Å². The lowest BCUT2D eigenvalue weighted by Crippen LogP contribution is -2.43. The van der Waals surface area contributed by atoms with Crippen LogP contribution in [-0.4, -0.2) is 60.3 Å². The summed E-state index contributed by atoms with van der Waals surface area (Å²) in [4.78, 5) is 48.6. The number of carboxylic acids is 1. The molecule has 0 amide bonds. The summed E-state index contributed by atoms with van der Waals surface area (Å²) in [7, 11) is 0. The van der Waals surface area contributed by atoms with Gasteiger partial charge in [-0.15, -0.1) is 0 Å². The number of rotatable bonds is 15. The highest BCUT2D eigenvalue weighted by molar-refractivity contribution is 5.74. The van der Waals surface area contributed by atoms with Crippen LogP contribution in [-0.2, 0) is 30.2 Å². The van der Waals surface area contributed by atoms with E-state index in [2.05, 4.69) is 5.32 Å². The molecule has 11 nitrogen and oxygen atoms in total. The lowest BCUT2D eigenvalue weighted by atomic mass is 9.98. The van der Waals surface area contributed by atoms with Gasteiger partial charge in [0.25, 0.3) is 0 Å². The third kappa shape index (κ3) is 12.4. The molecule has 0 aliphatic heterocycles. The molecule has 11 heteroatoms. The van der Waals surface area contributed by atoms with Crippen LogP contribution < -0.4 is 14.8 Å². The Balaban J connectivity index is 3.03. The lowest BCUT2D eigenvalue weighted by Gasteiger charge is -2.21. The summed E-state index contributed by atoms with van der Waals surface area (Å²) < 4.78 is 26.2. The van der Waals surface area contributed by atoms with Gasteiger partial charge < -0.3 is 34.1 Å². The van der Waals surface area contributed by atoms with E-state index < -0.39 is 36.5 Å². The van der Waals surface area contributed by atoms with Crippen molar-refractivity contribution in [3.63, 3.8) is 0 Å². The zero-order valence-electron chi connectivity index (χ0n) is 24.1. The number of carboxylic acid groups (broad SMARTS) is 1.